The molecule has 106 valence electrons. The highest BCUT2D eigenvalue weighted by Gasteiger charge is 2.30. The topological polar surface area (TPSA) is 12.5 Å². The normalized spacial score (nSPS) is 17.4. The molecule has 0 N–H and O–H groups in total. The highest BCUT2D eigenvalue weighted by atomic mass is 32.2. The fourth-order valence-corrected chi connectivity index (χ4v) is 3.83. The van der Waals surface area contributed by atoms with Crippen LogP contribution in [0.1, 0.15) is 32.3 Å². The number of thioether (sulfide) groups is 1. The monoisotopic (exact) mass is 279 g/mol. The molecule has 0 aromatic heterocycles. The van der Waals surface area contributed by atoms with Gasteiger partial charge in [-0.25, -0.2) is 0 Å². The van der Waals surface area contributed by atoms with Gasteiger partial charge in [0.15, 0.2) is 0 Å². The molecule has 3 heteroatoms. The molecule has 0 saturated carbocycles. The van der Waals surface area contributed by atoms with Gasteiger partial charge < -0.3 is 9.64 Å². The van der Waals surface area contributed by atoms with E-state index < -0.39 is 0 Å². The molecule has 0 bridgehead atoms. The van der Waals surface area contributed by atoms with Crippen molar-refractivity contribution < 1.29 is 4.74 Å². The molecule has 0 fully saturated rings. The molecule has 1 aromatic carbocycles. The minimum Gasteiger partial charge on any atom is -0.385 e. The van der Waals surface area contributed by atoms with Crippen molar-refractivity contribution in [2.75, 3.05) is 31.7 Å². The number of fused-ring (bicyclic) bond motifs is 1. The van der Waals surface area contributed by atoms with Gasteiger partial charge >= 0.3 is 0 Å². The first-order valence-corrected chi connectivity index (χ1v) is 7.87. The Morgan fingerprint density at radius 2 is 2.11 bits per heavy atom. The first-order chi connectivity index (χ1) is 9.02. The summed E-state index contributed by atoms with van der Waals surface area (Å²) in [6.45, 7) is 9.97. The number of rotatable bonds is 5. The average Bonchev–Trinajstić information content (AvgIpc) is 2.34. The zero-order valence-electron chi connectivity index (χ0n) is 12.5. The number of hydrogen-bond donors (Lipinski definition) is 0. The molecular weight excluding hydrogens is 254 g/mol. The summed E-state index contributed by atoms with van der Waals surface area (Å²) in [5.74, 6) is 0. The van der Waals surface area contributed by atoms with Crippen molar-refractivity contribution in [3.05, 3.63) is 23.8 Å². The quantitative estimate of drug-likeness (QED) is 0.753. The maximum Gasteiger partial charge on any atom is 0.0507 e. The lowest BCUT2D eigenvalue weighted by Crippen LogP contribution is -2.40. The summed E-state index contributed by atoms with van der Waals surface area (Å²) < 4.78 is 5.43. The third-order valence-corrected chi connectivity index (χ3v) is 4.69. The summed E-state index contributed by atoms with van der Waals surface area (Å²) in [5.41, 5.74) is 2.77. The largest absolute Gasteiger partial charge is 0.385 e. The summed E-state index contributed by atoms with van der Waals surface area (Å²) in [6, 6.07) is 6.82. The lowest BCUT2D eigenvalue weighted by Gasteiger charge is -2.40. The Balaban J connectivity index is 2.11. The predicted octanol–water partition coefficient (Wildman–Crippen LogP) is 4.11. The Hall–Kier alpha value is -0.670. The molecule has 2 rings (SSSR count). The Kier molecular flexibility index (Phi) is 4.80. The van der Waals surface area contributed by atoms with Crippen molar-refractivity contribution in [2.24, 2.45) is 0 Å². The van der Waals surface area contributed by atoms with E-state index in [1.165, 1.54) is 22.6 Å². The van der Waals surface area contributed by atoms with Crippen molar-refractivity contribution in [1.29, 1.82) is 0 Å². The van der Waals surface area contributed by atoms with E-state index in [9.17, 15) is 0 Å². The van der Waals surface area contributed by atoms with Crippen molar-refractivity contribution in [3.63, 3.8) is 0 Å². The lowest BCUT2D eigenvalue weighted by atomic mass is 10.1. The molecule has 0 spiro atoms. The van der Waals surface area contributed by atoms with Crippen molar-refractivity contribution in [2.45, 2.75) is 43.3 Å². The number of methoxy groups -OCH3 is 1. The molecule has 1 aromatic rings. The first kappa shape index (κ1) is 14.7. The molecule has 2 nitrogen and oxygen atoms in total. The summed E-state index contributed by atoms with van der Waals surface area (Å²) >= 11 is 2.00. The average molecular weight is 279 g/mol. The van der Waals surface area contributed by atoms with E-state index in [0.29, 0.717) is 4.75 Å². The minimum absolute atomic E-state index is 0.295. The highest BCUT2D eigenvalue weighted by Crippen LogP contribution is 2.44. The van der Waals surface area contributed by atoms with Gasteiger partial charge in [0, 0.05) is 36.4 Å². The fourth-order valence-electron chi connectivity index (χ4n) is 2.58. The van der Waals surface area contributed by atoms with Gasteiger partial charge in [-0.1, -0.05) is 6.07 Å². The summed E-state index contributed by atoms with van der Waals surface area (Å²) in [4.78, 5) is 3.97. The van der Waals surface area contributed by atoms with Gasteiger partial charge in [0.1, 0.15) is 0 Å². The fraction of sp³-hybridized carbons (Fsp3) is 0.625. The van der Waals surface area contributed by atoms with Gasteiger partial charge in [-0.15, -0.1) is 11.8 Å². The lowest BCUT2D eigenvalue weighted by molar-refractivity contribution is 0.193. The molecule has 0 amide bonds. The van der Waals surface area contributed by atoms with Crippen LogP contribution < -0.4 is 4.90 Å². The van der Waals surface area contributed by atoms with Crippen molar-refractivity contribution in [3.8, 4) is 0 Å². The third kappa shape index (κ3) is 3.90. The van der Waals surface area contributed by atoms with E-state index in [-0.39, 0.29) is 0 Å². The van der Waals surface area contributed by atoms with E-state index in [2.05, 4.69) is 43.9 Å². The van der Waals surface area contributed by atoms with E-state index in [1.54, 1.807) is 7.11 Å². The molecule has 0 radical (unpaired) electrons. The van der Waals surface area contributed by atoms with Crippen LogP contribution in [0.2, 0.25) is 0 Å². The zero-order valence-corrected chi connectivity index (χ0v) is 13.3. The number of hydrogen-bond acceptors (Lipinski definition) is 3. The highest BCUT2D eigenvalue weighted by molar-refractivity contribution is 8.00. The number of nitrogens with zero attached hydrogens (tertiary/aromatic N) is 1. The van der Waals surface area contributed by atoms with Crippen LogP contribution in [0.3, 0.4) is 0 Å². The molecule has 1 aliphatic rings. The number of unbranched alkanes of at least 4 members (excludes halogenated alkanes) is 1. The standard InChI is InChI=1S/C16H25NOS/c1-13-7-8-15-14(11-13)17(9-5-6-10-18-4)12-16(2,3)19-15/h7-8,11H,5-6,9-10,12H2,1-4H3. The first-order valence-electron chi connectivity index (χ1n) is 7.05. The number of ether oxygens (including phenoxy) is 1. The van der Waals surface area contributed by atoms with Gasteiger partial charge in [0.05, 0.1) is 5.69 Å². The second kappa shape index (κ2) is 6.19. The summed E-state index contributed by atoms with van der Waals surface area (Å²) in [6.07, 6.45) is 2.34. The SMILES string of the molecule is COCCCCN1CC(C)(C)Sc2ccc(C)cc21. The third-order valence-electron chi connectivity index (χ3n) is 3.44. The van der Waals surface area contributed by atoms with Crippen LogP contribution in [0.25, 0.3) is 0 Å². The van der Waals surface area contributed by atoms with E-state index >= 15 is 0 Å². The molecule has 0 unspecified atom stereocenters. The second-order valence-corrected chi connectivity index (χ2v) is 7.70. The van der Waals surface area contributed by atoms with E-state index in [1.807, 2.05) is 11.8 Å². The Morgan fingerprint density at radius 3 is 2.84 bits per heavy atom. The molecule has 0 atom stereocenters. The van der Waals surface area contributed by atoms with Crippen molar-refractivity contribution >= 4 is 17.4 Å². The van der Waals surface area contributed by atoms with Gasteiger partial charge in [-0.3, -0.25) is 0 Å². The zero-order chi connectivity index (χ0) is 13.9. The molecule has 0 aliphatic carbocycles. The van der Waals surface area contributed by atoms with Crippen molar-refractivity contribution in [1.82, 2.24) is 0 Å². The number of aryl methyl sites for hydroxylation is 1. The smallest absolute Gasteiger partial charge is 0.0507 e. The maximum atomic E-state index is 5.14. The van der Waals surface area contributed by atoms with Crippen LogP contribution in [0.4, 0.5) is 5.69 Å². The number of anilines is 1. The Labute approximate surface area is 121 Å². The maximum absolute atomic E-state index is 5.14. The van der Waals surface area contributed by atoms with Gasteiger partial charge in [0.25, 0.3) is 0 Å². The van der Waals surface area contributed by atoms with Crippen LogP contribution in [-0.4, -0.2) is 31.6 Å². The van der Waals surface area contributed by atoms with Gasteiger partial charge in [-0.05, 0) is 51.3 Å². The molecule has 19 heavy (non-hydrogen) atoms. The summed E-state index contributed by atoms with van der Waals surface area (Å²) in [5, 5.41) is 0. The molecule has 1 heterocycles. The van der Waals surface area contributed by atoms with Crippen LogP contribution >= 0.6 is 11.8 Å². The number of benzene rings is 1. The predicted molar refractivity (Wildman–Crippen MR) is 84.4 cm³/mol. The molecule has 1 aliphatic heterocycles. The van der Waals surface area contributed by atoms with Crippen LogP contribution in [0.5, 0.6) is 0 Å². The van der Waals surface area contributed by atoms with Crippen LogP contribution in [0.15, 0.2) is 23.1 Å². The Bertz CT molecular complexity index is 431. The molecule has 0 saturated heterocycles. The van der Waals surface area contributed by atoms with E-state index in [0.717, 1.165) is 26.1 Å². The van der Waals surface area contributed by atoms with Gasteiger partial charge in [-0.2, -0.15) is 0 Å². The van der Waals surface area contributed by atoms with Crippen LogP contribution in [-0.2, 0) is 4.74 Å². The summed E-state index contributed by atoms with van der Waals surface area (Å²) in [7, 11) is 1.78. The second-order valence-electron chi connectivity index (χ2n) is 5.95. The molecular formula is C16H25NOS. The van der Waals surface area contributed by atoms with Crippen LogP contribution in [0, 0.1) is 6.92 Å². The Morgan fingerprint density at radius 1 is 1.32 bits per heavy atom. The van der Waals surface area contributed by atoms with E-state index in [4.69, 9.17) is 4.74 Å². The van der Waals surface area contributed by atoms with Gasteiger partial charge in [0.2, 0.25) is 0 Å². The minimum atomic E-state index is 0.295.